The van der Waals surface area contributed by atoms with Crippen LogP contribution in [0.3, 0.4) is 0 Å². The Morgan fingerprint density at radius 3 is 0.807 bits per heavy atom. The van der Waals surface area contributed by atoms with E-state index in [2.05, 4.69) is 55.4 Å². The lowest BCUT2D eigenvalue weighted by molar-refractivity contribution is -0.161. The van der Waals surface area contributed by atoms with Crippen molar-refractivity contribution in [3.63, 3.8) is 0 Å². The zero-order chi connectivity index (χ0) is 65.4. The number of ether oxygens (including phenoxy) is 4. The Balaban J connectivity index is 5.26. The Morgan fingerprint density at radius 2 is 0.545 bits per heavy atom. The minimum Gasteiger partial charge on any atom is -0.462 e. The Morgan fingerprint density at radius 1 is 0.318 bits per heavy atom. The van der Waals surface area contributed by atoms with E-state index in [4.69, 9.17) is 37.0 Å². The first-order valence-electron chi connectivity index (χ1n) is 35.7. The summed E-state index contributed by atoms with van der Waals surface area (Å²) in [6, 6.07) is 0. The number of aliphatic hydroxyl groups excluding tert-OH is 1. The van der Waals surface area contributed by atoms with Crippen LogP contribution in [0.4, 0.5) is 0 Å². The maximum absolute atomic E-state index is 13.0. The lowest BCUT2D eigenvalue weighted by Crippen LogP contribution is -2.30. The summed E-state index contributed by atoms with van der Waals surface area (Å²) in [5, 5.41) is 10.6. The topological polar surface area (TPSA) is 237 Å². The van der Waals surface area contributed by atoms with Crippen LogP contribution in [0.25, 0.3) is 0 Å². The number of esters is 4. The number of unbranched alkanes of at least 4 members (excludes halogenated alkanes) is 31. The molecule has 4 unspecified atom stereocenters. The van der Waals surface area contributed by atoms with E-state index in [-0.39, 0.29) is 25.7 Å². The molecule has 0 bridgehead atoms. The molecule has 0 amide bonds. The summed E-state index contributed by atoms with van der Waals surface area (Å²) in [4.78, 5) is 72.5. The average Bonchev–Trinajstić information content (AvgIpc) is 3.69. The maximum atomic E-state index is 13.0. The van der Waals surface area contributed by atoms with E-state index < -0.39 is 97.5 Å². The molecule has 0 spiro atoms. The summed E-state index contributed by atoms with van der Waals surface area (Å²) >= 11 is 0. The monoisotopic (exact) mass is 1300 g/mol. The van der Waals surface area contributed by atoms with Crippen molar-refractivity contribution in [2.75, 3.05) is 39.6 Å². The van der Waals surface area contributed by atoms with Gasteiger partial charge in [0.25, 0.3) is 0 Å². The van der Waals surface area contributed by atoms with Crippen LogP contribution < -0.4 is 0 Å². The predicted molar refractivity (Wildman–Crippen MR) is 354 cm³/mol. The third kappa shape index (κ3) is 61.6. The summed E-state index contributed by atoms with van der Waals surface area (Å²) in [5.74, 6) is 0.828. The van der Waals surface area contributed by atoms with Crippen molar-refractivity contribution in [3.8, 4) is 0 Å². The van der Waals surface area contributed by atoms with Gasteiger partial charge in [0.15, 0.2) is 12.2 Å². The first kappa shape index (κ1) is 86.1. The number of phosphoric acid groups is 2. The molecule has 3 N–H and O–H groups in total. The third-order valence-electron chi connectivity index (χ3n) is 16.2. The molecule has 0 aromatic rings. The molecule has 0 saturated heterocycles. The number of carbonyl (C=O) groups excluding carboxylic acids is 4. The fraction of sp³-hybridized carbons (Fsp3) is 0.942. The molecule has 522 valence electrons. The van der Waals surface area contributed by atoms with Crippen molar-refractivity contribution in [1.82, 2.24) is 0 Å². The van der Waals surface area contributed by atoms with Crippen LogP contribution in [-0.4, -0.2) is 96.7 Å². The van der Waals surface area contributed by atoms with Gasteiger partial charge in [-0.15, -0.1) is 0 Å². The lowest BCUT2D eigenvalue weighted by Gasteiger charge is -2.21. The highest BCUT2D eigenvalue weighted by atomic mass is 31.2. The first-order valence-corrected chi connectivity index (χ1v) is 38.7. The summed E-state index contributed by atoms with van der Waals surface area (Å²) in [6.07, 6.45) is 40.4. The molecule has 0 aliphatic heterocycles. The van der Waals surface area contributed by atoms with Crippen LogP contribution in [-0.2, 0) is 65.4 Å². The first-order chi connectivity index (χ1) is 42.1. The summed E-state index contributed by atoms with van der Waals surface area (Å²) in [7, 11) is -9.90. The standard InChI is InChI=1S/C69H134O17P2/c1-9-62(8)48-40-32-27-28-36-44-52-69(74)86-65(56-80-67(72)50-42-34-26-20-23-31-39-47-61(6)7)58-84-88(77,78)82-54-63(70)53-81-87(75,76)83-57-64(85-68(73)51-43-35-25-19-15-11-13-17-22-30-38-46-60(4)5)55-79-66(71)49-41-33-24-18-14-10-12-16-21-29-37-45-59(2)3/h59-65,70H,9-58H2,1-8H3,(H,75,76)(H,77,78)/t62?,63?,64-,65-/m1/s1. The minimum absolute atomic E-state index is 0.102. The molecule has 17 nitrogen and oxygen atoms in total. The minimum atomic E-state index is -4.95. The smallest absolute Gasteiger partial charge is 0.462 e. The second-order valence-electron chi connectivity index (χ2n) is 26.6. The number of aliphatic hydroxyl groups is 1. The van der Waals surface area contributed by atoms with Crippen molar-refractivity contribution in [2.45, 2.75) is 356 Å². The third-order valence-corrected chi connectivity index (χ3v) is 18.1. The van der Waals surface area contributed by atoms with Crippen LogP contribution in [0.2, 0.25) is 0 Å². The lowest BCUT2D eigenvalue weighted by atomic mass is 10.00. The molecule has 0 saturated carbocycles. The number of carbonyl (C=O) groups is 4. The molecule has 0 aromatic heterocycles. The van der Waals surface area contributed by atoms with E-state index in [1.165, 1.54) is 135 Å². The fourth-order valence-corrected chi connectivity index (χ4v) is 11.9. The van der Waals surface area contributed by atoms with E-state index >= 15 is 0 Å². The van der Waals surface area contributed by atoms with E-state index in [0.717, 1.165) is 114 Å². The summed E-state index contributed by atoms with van der Waals surface area (Å²) in [5.41, 5.74) is 0. The van der Waals surface area contributed by atoms with Gasteiger partial charge in [0.05, 0.1) is 26.4 Å². The Hall–Kier alpha value is -1.94. The predicted octanol–water partition coefficient (Wildman–Crippen LogP) is 19.3. The van der Waals surface area contributed by atoms with E-state index in [1.807, 2.05) is 0 Å². The molecule has 0 aliphatic rings. The van der Waals surface area contributed by atoms with Crippen LogP contribution >= 0.6 is 15.6 Å². The molecule has 0 aromatic carbocycles. The van der Waals surface area contributed by atoms with Gasteiger partial charge < -0.3 is 33.8 Å². The zero-order valence-electron chi connectivity index (χ0n) is 57.3. The molecule has 88 heavy (non-hydrogen) atoms. The van der Waals surface area contributed by atoms with Gasteiger partial charge in [0.1, 0.15) is 19.3 Å². The zero-order valence-corrected chi connectivity index (χ0v) is 59.1. The normalized spacial score (nSPS) is 14.6. The van der Waals surface area contributed by atoms with Gasteiger partial charge in [-0.25, -0.2) is 9.13 Å². The van der Waals surface area contributed by atoms with E-state index in [9.17, 15) is 43.2 Å². The number of phosphoric ester groups is 2. The van der Waals surface area contributed by atoms with Crippen LogP contribution in [0.5, 0.6) is 0 Å². The summed E-state index contributed by atoms with van der Waals surface area (Å²) in [6.45, 7) is 14.0. The Bertz CT molecular complexity index is 1750. The van der Waals surface area contributed by atoms with Gasteiger partial charge >= 0.3 is 39.5 Å². The van der Waals surface area contributed by atoms with Crippen molar-refractivity contribution < 1.29 is 80.2 Å². The largest absolute Gasteiger partial charge is 0.472 e. The van der Waals surface area contributed by atoms with Crippen molar-refractivity contribution in [3.05, 3.63) is 0 Å². The SMILES string of the molecule is CCC(C)CCCCCCCCC(=O)O[C@H](COC(=O)CCCCCCCCCC(C)C)COP(=O)(O)OCC(O)COP(=O)(O)OC[C@@H](COC(=O)CCCCCCCCCCCCCC(C)C)OC(=O)CCCCCCCCCCCCCC(C)C. The molecule has 0 radical (unpaired) electrons. The second kappa shape index (κ2) is 58.8. The van der Waals surface area contributed by atoms with Crippen LogP contribution in [0, 0.1) is 23.7 Å². The molecule has 0 aliphatic carbocycles. The number of hydrogen-bond donors (Lipinski definition) is 3. The maximum Gasteiger partial charge on any atom is 0.472 e. The summed E-state index contributed by atoms with van der Waals surface area (Å²) < 4.78 is 68.2. The second-order valence-corrected chi connectivity index (χ2v) is 29.5. The highest BCUT2D eigenvalue weighted by molar-refractivity contribution is 7.47. The molecule has 0 fully saturated rings. The van der Waals surface area contributed by atoms with Crippen molar-refractivity contribution in [2.24, 2.45) is 23.7 Å². The van der Waals surface area contributed by atoms with Crippen LogP contribution in [0.1, 0.15) is 338 Å². The van der Waals surface area contributed by atoms with Gasteiger partial charge in [-0.2, -0.15) is 0 Å². The molecule has 0 rings (SSSR count). The molecule has 19 heteroatoms. The quantitative estimate of drug-likeness (QED) is 0.0222. The Labute approximate surface area is 537 Å². The van der Waals surface area contributed by atoms with Crippen molar-refractivity contribution >= 4 is 39.5 Å². The van der Waals surface area contributed by atoms with E-state index in [0.29, 0.717) is 31.6 Å². The molecule has 6 atom stereocenters. The van der Waals surface area contributed by atoms with Gasteiger partial charge in [-0.05, 0) is 49.4 Å². The van der Waals surface area contributed by atoms with Gasteiger partial charge in [-0.1, -0.05) is 287 Å². The Kier molecular flexibility index (Phi) is 57.6. The average molecular weight is 1300 g/mol. The van der Waals surface area contributed by atoms with Gasteiger partial charge in [-0.3, -0.25) is 37.3 Å². The molecule has 0 heterocycles. The number of hydrogen-bond acceptors (Lipinski definition) is 15. The highest BCUT2D eigenvalue weighted by Gasteiger charge is 2.30. The molecular formula is C69H134O17P2. The van der Waals surface area contributed by atoms with E-state index in [1.54, 1.807) is 0 Å². The fourth-order valence-electron chi connectivity index (χ4n) is 10.3. The van der Waals surface area contributed by atoms with Gasteiger partial charge in [0, 0.05) is 25.7 Å². The number of rotatable bonds is 66. The van der Waals surface area contributed by atoms with Crippen LogP contribution in [0.15, 0.2) is 0 Å². The highest BCUT2D eigenvalue weighted by Crippen LogP contribution is 2.45. The van der Waals surface area contributed by atoms with Gasteiger partial charge in [0.2, 0.25) is 0 Å². The van der Waals surface area contributed by atoms with Crippen molar-refractivity contribution in [1.29, 1.82) is 0 Å². The molecular weight excluding hydrogens is 1160 g/mol.